The summed E-state index contributed by atoms with van der Waals surface area (Å²) >= 11 is 5.96. The number of methoxy groups -OCH3 is 1. The smallest absolute Gasteiger partial charge is 0.271 e. The van der Waals surface area contributed by atoms with Crippen LogP contribution in [0.15, 0.2) is 30.5 Å². The molecular weight excluding hydrogens is 430 g/mol. The van der Waals surface area contributed by atoms with Crippen molar-refractivity contribution >= 4 is 28.9 Å². The van der Waals surface area contributed by atoms with Crippen LogP contribution in [0.25, 0.3) is 11.1 Å². The predicted octanol–water partition coefficient (Wildman–Crippen LogP) is 4.22. The molecule has 1 amide bonds. The number of nitriles is 1. The summed E-state index contributed by atoms with van der Waals surface area (Å²) in [4.78, 5) is 11.8. The van der Waals surface area contributed by atoms with E-state index in [-0.39, 0.29) is 16.9 Å². The first-order valence-corrected chi connectivity index (χ1v) is 10.7. The molecule has 0 atom stereocenters. The first-order chi connectivity index (χ1) is 15.5. The second-order valence-corrected chi connectivity index (χ2v) is 7.95. The van der Waals surface area contributed by atoms with E-state index in [1.54, 1.807) is 12.3 Å². The number of anilines is 2. The molecule has 2 heterocycles. The molecule has 10 heteroatoms. The number of nitrogens with zero attached hydrogens (tertiary/aromatic N) is 5. The number of nitrogens with two attached hydrogens (primary N) is 1. The Hall–Kier alpha value is -3.64. The highest BCUT2D eigenvalue weighted by Crippen LogP contribution is 2.40. The lowest BCUT2D eigenvalue weighted by Crippen LogP contribution is -2.16. The van der Waals surface area contributed by atoms with Gasteiger partial charge in [0.05, 0.1) is 30.7 Å². The molecule has 1 aromatic carbocycles. The van der Waals surface area contributed by atoms with Crippen LogP contribution in [0, 0.1) is 11.3 Å². The minimum atomic E-state index is -0.743. The molecule has 32 heavy (non-hydrogen) atoms. The van der Waals surface area contributed by atoms with E-state index in [2.05, 4.69) is 26.7 Å². The van der Waals surface area contributed by atoms with Gasteiger partial charge in [0.2, 0.25) is 0 Å². The molecule has 0 saturated heterocycles. The number of amides is 1. The van der Waals surface area contributed by atoms with E-state index in [0.29, 0.717) is 33.9 Å². The van der Waals surface area contributed by atoms with Crippen LogP contribution in [0.5, 0.6) is 5.75 Å². The minimum Gasteiger partial charge on any atom is -0.494 e. The van der Waals surface area contributed by atoms with Gasteiger partial charge >= 0.3 is 0 Å². The summed E-state index contributed by atoms with van der Waals surface area (Å²) in [7, 11) is 1.54. The number of ether oxygens (including phenoxy) is 1. The highest BCUT2D eigenvalue weighted by atomic mass is 35.5. The zero-order valence-corrected chi connectivity index (χ0v) is 18.3. The number of benzene rings is 1. The van der Waals surface area contributed by atoms with E-state index >= 15 is 0 Å². The highest BCUT2D eigenvalue weighted by Gasteiger charge is 2.24. The van der Waals surface area contributed by atoms with Crippen molar-refractivity contribution in [3.8, 4) is 22.9 Å². The van der Waals surface area contributed by atoms with Crippen LogP contribution in [-0.2, 0) is 0 Å². The predicted molar refractivity (Wildman–Crippen MR) is 120 cm³/mol. The van der Waals surface area contributed by atoms with Crippen LogP contribution in [0.2, 0.25) is 5.15 Å². The molecule has 164 valence electrons. The molecule has 1 aliphatic rings. The van der Waals surface area contributed by atoms with Gasteiger partial charge in [0.25, 0.3) is 5.91 Å². The van der Waals surface area contributed by atoms with Gasteiger partial charge in [-0.25, -0.2) is 0 Å². The molecule has 1 fully saturated rings. The average molecular weight is 452 g/mol. The zero-order valence-electron chi connectivity index (χ0n) is 17.5. The zero-order chi connectivity index (χ0) is 22.7. The molecule has 0 radical (unpaired) electrons. The van der Waals surface area contributed by atoms with Gasteiger partial charge < -0.3 is 15.8 Å². The van der Waals surface area contributed by atoms with E-state index in [1.807, 2.05) is 16.8 Å². The number of aromatic nitrogens is 4. The molecule has 2 aromatic heterocycles. The summed E-state index contributed by atoms with van der Waals surface area (Å²) < 4.78 is 7.53. The Kier molecular flexibility index (Phi) is 6.23. The maximum atomic E-state index is 11.8. The van der Waals surface area contributed by atoms with E-state index in [0.717, 1.165) is 25.7 Å². The fraction of sp³-hybridized carbons (Fsp3) is 0.318. The first kappa shape index (κ1) is 21.6. The van der Waals surface area contributed by atoms with E-state index in [4.69, 9.17) is 22.1 Å². The Labute approximate surface area is 190 Å². The quantitative estimate of drug-likeness (QED) is 0.573. The molecule has 1 saturated carbocycles. The number of carbonyl (C=O) groups is 1. The van der Waals surface area contributed by atoms with Crippen LogP contribution in [0.3, 0.4) is 0 Å². The van der Waals surface area contributed by atoms with Crippen molar-refractivity contribution in [2.24, 2.45) is 5.73 Å². The van der Waals surface area contributed by atoms with Crippen LogP contribution >= 0.6 is 11.6 Å². The van der Waals surface area contributed by atoms with Crippen molar-refractivity contribution < 1.29 is 9.53 Å². The van der Waals surface area contributed by atoms with Crippen molar-refractivity contribution in [3.63, 3.8) is 0 Å². The lowest BCUT2D eigenvalue weighted by Gasteiger charge is -2.22. The topological polar surface area (TPSA) is 132 Å². The Morgan fingerprint density at radius 3 is 2.72 bits per heavy atom. The fourth-order valence-electron chi connectivity index (χ4n) is 4.13. The third kappa shape index (κ3) is 4.09. The summed E-state index contributed by atoms with van der Waals surface area (Å²) in [6.07, 6.45) is 7.22. The maximum absolute atomic E-state index is 11.8. The summed E-state index contributed by atoms with van der Waals surface area (Å²) in [5.41, 5.74) is 8.09. The molecule has 1 aliphatic carbocycles. The van der Waals surface area contributed by atoms with Crippen LogP contribution in [-0.4, -0.2) is 33.0 Å². The van der Waals surface area contributed by atoms with Crippen LogP contribution in [0.4, 0.5) is 11.4 Å². The van der Waals surface area contributed by atoms with Crippen molar-refractivity contribution in [2.45, 2.75) is 38.1 Å². The average Bonchev–Trinajstić information content (AvgIpc) is 3.23. The summed E-state index contributed by atoms with van der Waals surface area (Å²) in [6.45, 7) is 0. The number of hydrogen-bond donors (Lipinski definition) is 2. The van der Waals surface area contributed by atoms with Crippen molar-refractivity contribution in [3.05, 3.63) is 47.0 Å². The summed E-state index contributed by atoms with van der Waals surface area (Å²) in [5, 5.41) is 25.1. The van der Waals surface area contributed by atoms with Gasteiger partial charge in [0.1, 0.15) is 17.5 Å². The van der Waals surface area contributed by atoms with Gasteiger partial charge in [0.15, 0.2) is 10.8 Å². The number of primary amides is 1. The normalized spacial score (nSPS) is 14.0. The van der Waals surface area contributed by atoms with Crippen molar-refractivity contribution in [1.29, 1.82) is 5.26 Å². The molecule has 9 nitrogen and oxygen atoms in total. The molecular formula is C22H22ClN7O2. The van der Waals surface area contributed by atoms with E-state index in [9.17, 15) is 10.1 Å². The van der Waals surface area contributed by atoms with Gasteiger partial charge in [-0.05, 0) is 18.9 Å². The molecule has 3 N–H and O–H groups in total. The molecule has 0 unspecified atom stereocenters. The SMILES string of the molecule is COc1c(Nc2cc(Cl)nnc2C(N)=O)cccc1-c1cnn(C2CCCCC2)c1C#N. The second-order valence-electron chi connectivity index (χ2n) is 7.56. The standard InChI is InChI=1S/C22H22ClN7O2/c1-32-21-14(15-12-26-30(18(15)11-24)13-6-3-2-4-7-13)8-5-9-16(21)27-17-10-19(23)28-29-20(17)22(25)31/h5,8-10,12-13H,2-4,6-7H2,1H3,(H2,25,31)(H,27,28). The Morgan fingerprint density at radius 1 is 1.25 bits per heavy atom. The van der Waals surface area contributed by atoms with Crippen molar-refractivity contribution in [1.82, 2.24) is 20.0 Å². The molecule has 0 spiro atoms. The number of para-hydroxylation sites is 1. The Bertz CT molecular complexity index is 1200. The van der Waals surface area contributed by atoms with Crippen molar-refractivity contribution in [2.75, 3.05) is 12.4 Å². The number of nitrogens with one attached hydrogen (secondary N) is 1. The summed E-state index contributed by atoms with van der Waals surface area (Å²) in [5.74, 6) is -0.261. The Morgan fingerprint density at radius 2 is 2.03 bits per heavy atom. The molecule has 4 rings (SSSR count). The fourth-order valence-corrected chi connectivity index (χ4v) is 4.28. The van der Waals surface area contributed by atoms with Gasteiger partial charge in [0, 0.05) is 17.2 Å². The second kappa shape index (κ2) is 9.24. The Balaban J connectivity index is 1.77. The van der Waals surface area contributed by atoms with Crippen LogP contribution in [0.1, 0.15) is 54.3 Å². The first-order valence-electron chi connectivity index (χ1n) is 10.3. The third-order valence-electron chi connectivity index (χ3n) is 5.60. The summed E-state index contributed by atoms with van der Waals surface area (Å²) in [6, 6.07) is 9.46. The lowest BCUT2D eigenvalue weighted by atomic mass is 9.95. The minimum absolute atomic E-state index is 0.0512. The monoisotopic (exact) mass is 451 g/mol. The van der Waals surface area contributed by atoms with E-state index < -0.39 is 5.91 Å². The highest BCUT2D eigenvalue weighted by molar-refractivity contribution is 6.29. The lowest BCUT2D eigenvalue weighted by molar-refractivity contribution is 0.0995. The molecule has 3 aromatic rings. The van der Waals surface area contributed by atoms with Crippen LogP contribution < -0.4 is 15.8 Å². The molecule has 0 aliphatic heterocycles. The maximum Gasteiger partial charge on any atom is 0.271 e. The van der Waals surface area contributed by atoms with Gasteiger partial charge in [-0.2, -0.15) is 10.4 Å². The van der Waals surface area contributed by atoms with E-state index in [1.165, 1.54) is 19.6 Å². The van der Waals surface area contributed by atoms with Gasteiger partial charge in [-0.1, -0.05) is 43.0 Å². The molecule has 0 bridgehead atoms. The largest absolute Gasteiger partial charge is 0.494 e. The number of hydrogen-bond acceptors (Lipinski definition) is 7. The number of carbonyl (C=O) groups excluding carboxylic acids is 1. The third-order valence-corrected chi connectivity index (χ3v) is 5.78. The van der Waals surface area contributed by atoms with Gasteiger partial charge in [-0.3, -0.25) is 9.48 Å². The number of halogens is 1. The van der Waals surface area contributed by atoms with Gasteiger partial charge in [-0.15, -0.1) is 10.2 Å². The number of rotatable bonds is 6.